The molecule has 0 spiro atoms. The van der Waals surface area contributed by atoms with E-state index in [1.165, 1.54) is 0 Å². The smallest absolute Gasteiger partial charge is 0.244 e. The normalized spacial score (nSPS) is 30.5. The minimum Gasteiger partial charge on any atom is -0.393 e. The summed E-state index contributed by atoms with van der Waals surface area (Å²) >= 11 is 0. The second-order valence-electron chi connectivity index (χ2n) is 4.75. The number of likely N-dealkylation sites (tertiary alicyclic amines) is 1. The number of hydrogen-bond donors (Lipinski definition) is 2. The average molecular weight is 226 g/mol. The number of nitrogens with one attached hydrogen (secondary N) is 1. The molecule has 16 heavy (non-hydrogen) atoms. The summed E-state index contributed by atoms with van der Waals surface area (Å²) in [5.41, 5.74) is 0. The molecule has 2 aliphatic rings. The summed E-state index contributed by atoms with van der Waals surface area (Å²) in [4.78, 5) is 24.6. The number of aliphatic hydroxyl groups is 1. The van der Waals surface area contributed by atoms with Gasteiger partial charge >= 0.3 is 0 Å². The van der Waals surface area contributed by atoms with E-state index in [2.05, 4.69) is 10.2 Å². The molecule has 0 aromatic rings. The number of carbonyl (C=O) groups is 2. The average Bonchev–Trinajstić information content (AvgIpc) is 2.58. The molecule has 2 atom stereocenters. The summed E-state index contributed by atoms with van der Waals surface area (Å²) in [7, 11) is 0. The van der Waals surface area contributed by atoms with Crippen LogP contribution in [0.4, 0.5) is 0 Å². The van der Waals surface area contributed by atoms with E-state index >= 15 is 0 Å². The van der Waals surface area contributed by atoms with Crippen molar-refractivity contribution in [3.8, 4) is 0 Å². The highest BCUT2D eigenvalue weighted by Gasteiger charge is 2.37. The molecule has 2 rings (SSSR count). The second-order valence-corrected chi connectivity index (χ2v) is 4.75. The van der Waals surface area contributed by atoms with E-state index in [9.17, 15) is 14.7 Å². The number of rotatable bonds is 2. The largest absolute Gasteiger partial charge is 0.393 e. The van der Waals surface area contributed by atoms with Gasteiger partial charge in [-0.25, -0.2) is 0 Å². The molecule has 2 N–H and O–H groups in total. The maximum atomic E-state index is 11.5. The van der Waals surface area contributed by atoms with Crippen molar-refractivity contribution in [2.24, 2.45) is 5.92 Å². The van der Waals surface area contributed by atoms with E-state index in [0.717, 1.165) is 25.9 Å². The van der Waals surface area contributed by atoms with Crippen LogP contribution < -0.4 is 5.32 Å². The summed E-state index contributed by atoms with van der Waals surface area (Å²) in [6.07, 6.45) is 1.81. The number of imide groups is 1. The van der Waals surface area contributed by atoms with Crippen LogP contribution in [-0.2, 0) is 9.59 Å². The molecule has 90 valence electrons. The lowest BCUT2D eigenvalue weighted by molar-refractivity contribution is -0.126. The fourth-order valence-corrected chi connectivity index (χ4v) is 2.55. The number of amides is 2. The Bertz CT molecular complexity index is 296. The lowest BCUT2D eigenvalue weighted by Crippen LogP contribution is -2.46. The standard InChI is InChI=1S/C11H18N2O3/c1-7(14)8-2-4-13(5-3-8)9-6-10(15)12-11(9)16/h7-9,14H,2-6H2,1H3,(H,12,15,16). The van der Waals surface area contributed by atoms with Crippen molar-refractivity contribution in [1.82, 2.24) is 10.2 Å². The number of carbonyl (C=O) groups excluding carboxylic acids is 2. The van der Waals surface area contributed by atoms with Gasteiger partial charge in [-0.2, -0.15) is 0 Å². The van der Waals surface area contributed by atoms with Crippen LogP contribution in [0.15, 0.2) is 0 Å². The monoisotopic (exact) mass is 226 g/mol. The molecule has 0 radical (unpaired) electrons. The van der Waals surface area contributed by atoms with Crippen LogP contribution in [0.25, 0.3) is 0 Å². The van der Waals surface area contributed by atoms with E-state index in [1.807, 2.05) is 6.92 Å². The maximum Gasteiger partial charge on any atom is 0.244 e. The van der Waals surface area contributed by atoms with Crippen molar-refractivity contribution < 1.29 is 14.7 Å². The van der Waals surface area contributed by atoms with Crippen LogP contribution in [-0.4, -0.2) is 47.1 Å². The molecular weight excluding hydrogens is 208 g/mol. The molecule has 2 heterocycles. The molecule has 2 unspecified atom stereocenters. The van der Waals surface area contributed by atoms with Gasteiger partial charge in [0.1, 0.15) is 0 Å². The van der Waals surface area contributed by atoms with Crippen LogP contribution in [0.3, 0.4) is 0 Å². The fourth-order valence-electron chi connectivity index (χ4n) is 2.55. The molecule has 2 saturated heterocycles. The van der Waals surface area contributed by atoms with Gasteiger partial charge in [0.25, 0.3) is 0 Å². The van der Waals surface area contributed by atoms with E-state index in [4.69, 9.17) is 0 Å². The molecule has 0 aliphatic carbocycles. The third kappa shape index (κ3) is 2.25. The van der Waals surface area contributed by atoms with Crippen LogP contribution in [0.5, 0.6) is 0 Å². The second kappa shape index (κ2) is 4.51. The number of nitrogens with zero attached hydrogens (tertiary/aromatic N) is 1. The molecule has 5 heteroatoms. The topological polar surface area (TPSA) is 69.6 Å². The number of hydrogen-bond acceptors (Lipinski definition) is 4. The molecule has 0 aromatic carbocycles. The van der Waals surface area contributed by atoms with Gasteiger partial charge in [-0.1, -0.05) is 0 Å². The predicted molar refractivity (Wildman–Crippen MR) is 57.5 cm³/mol. The van der Waals surface area contributed by atoms with Crippen molar-refractivity contribution in [1.29, 1.82) is 0 Å². The summed E-state index contributed by atoms with van der Waals surface area (Å²) in [5.74, 6) is -0.00966. The van der Waals surface area contributed by atoms with Gasteiger partial charge in [0, 0.05) is 0 Å². The highest BCUT2D eigenvalue weighted by Crippen LogP contribution is 2.23. The minimum atomic E-state index is -0.277. The molecule has 2 amide bonds. The lowest BCUT2D eigenvalue weighted by Gasteiger charge is -2.35. The Kier molecular flexibility index (Phi) is 3.25. The first kappa shape index (κ1) is 11.5. The van der Waals surface area contributed by atoms with Crippen molar-refractivity contribution >= 4 is 11.8 Å². The molecule has 2 aliphatic heterocycles. The maximum absolute atomic E-state index is 11.5. The van der Waals surface area contributed by atoms with Crippen molar-refractivity contribution in [2.45, 2.75) is 38.3 Å². The Morgan fingerprint density at radius 1 is 1.38 bits per heavy atom. The Hall–Kier alpha value is -0.940. The minimum absolute atomic E-state index is 0.166. The predicted octanol–water partition coefficient (Wildman–Crippen LogP) is -0.506. The summed E-state index contributed by atoms with van der Waals surface area (Å²) < 4.78 is 0. The molecule has 2 fully saturated rings. The van der Waals surface area contributed by atoms with E-state index in [0.29, 0.717) is 5.92 Å². The molecule has 0 saturated carbocycles. The summed E-state index contributed by atoms with van der Waals surface area (Å²) in [6, 6.07) is -0.276. The Balaban J connectivity index is 1.89. The molecule has 0 aromatic heterocycles. The van der Waals surface area contributed by atoms with Crippen LogP contribution in [0.1, 0.15) is 26.2 Å². The highest BCUT2D eigenvalue weighted by molar-refractivity contribution is 6.05. The van der Waals surface area contributed by atoms with Gasteiger partial charge < -0.3 is 5.11 Å². The Morgan fingerprint density at radius 3 is 2.44 bits per heavy atom. The third-order valence-electron chi connectivity index (χ3n) is 3.64. The van der Waals surface area contributed by atoms with E-state index in [-0.39, 0.29) is 30.4 Å². The highest BCUT2D eigenvalue weighted by atomic mass is 16.3. The van der Waals surface area contributed by atoms with E-state index < -0.39 is 0 Å². The number of aliphatic hydroxyl groups excluding tert-OH is 1. The van der Waals surface area contributed by atoms with Crippen molar-refractivity contribution in [3.05, 3.63) is 0 Å². The zero-order chi connectivity index (χ0) is 11.7. The first-order chi connectivity index (χ1) is 7.58. The Morgan fingerprint density at radius 2 is 2.00 bits per heavy atom. The van der Waals surface area contributed by atoms with Gasteiger partial charge in [0.15, 0.2) is 0 Å². The van der Waals surface area contributed by atoms with Gasteiger partial charge in [0.2, 0.25) is 11.8 Å². The van der Waals surface area contributed by atoms with Crippen LogP contribution in [0, 0.1) is 5.92 Å². The lowest BCUT2D eigenvalue weighted by atomic mass is 9.91. The number of piperidine rings is 1. The van der Waals surface area contributed by atoms with Gasteiger partial charge in [-0.15, -0.1) is 0 Å². The van der Waals surface area contributed by atoms with Crippen LogP contribution >= 0.6 is 0 Å². The third-order valence-corrected chi connectivity index (χ3v) is 3.64. The molecular formula is C11H18N2O3. The Labute approximate surface area is 94.8 Å². The SMILES string of the molecule is CC(O)C1CCN(C2CC(=O)NC2=O)CC1. The molecule has 0 bridgehead atoms. The zero-order valence-corrected chi connectivity index (χ0v) is 9.48. The van der Waals surface area contributed by atoms with Crippen molar-refractivity contribution in [2.75, 3.05) is 13.1 Å². The van der Waals surface area contributed by atoms with Gasteiger partial charge in [-0.05, 0) is 38.8 Å². The van der Waals surface area contributed by atoms with Gasteiger partial charge in [0.05, 0.1) is 18.6 Å². The zero-order valence-electron chi connectivity index (χ0n) is 9.48. The van der Waals surface area contributed by atoms with Crippen LogP contribution in [0.2, 0.25) is 0 Å². The quantitative estimate of drug-likeness (QED) is 0.622. The van der Waals surface area contributed by atoms with Gasteiger partial charge in [-0.3, -0.25) is 19.8 Å². The van der Waals surface area contributed by atoms with Crippen molar-refractivity contribution in [3.63, 3.8) is 0 Å². The first-order valence-electron chi connectivity index (χ1n) is 5.83. The fraction of sp³-hybridized carbons (Fsp3) is 0.818. The summed E-state index contributed by atoms with van der Waals surface area (Å²) in [5, 5.41) is 11.8. The summed E-state index contributed by atoms with van der Waals surface area (Å²) in [6.45, 7) is 3.40. The first-order valence-corrected chi connectivity index (χ1v) is 5.83. The van der Waals surface area contributed by atoms with E-state index in [1.54, 1.807) is 0 Å². The molecule has 5 nitrogen and oxygen atoms in total.